The number of Topliss-reactive ketones (excluding diaryl/α,β-unsaturated/α-hetero) is 1. The summed E-state index contributed by atoms with van der Waals surface area (Å²) in [6, 6.07) is 11.3. The molecule has 2 atom stereocenters. The highest BCUT2D eigenvalue weighted by atomic mass is 16.2. The molecule has 3 heterocycles. The largest absolute Gasteiger partial charge is 0.327 e. The van der Waals surface area contributed by atoms with Crippen LogP contribution in [0.3, 0.4) is 0 Å². The third-order valence-corrected chi connectivity index (χ3v) is 5.33. The van der Waals surface area contributed by atoms with E-state index in [1.54, 1.807) is 53.7 Å². The summed E-state index contributed by atoms with van der Waals surface area (Å²) in [7, 11) is 0. The first-order valence-corrected chi connectivity index (χ1v) is 9.47. The summed E-state index contributed by atoms with van der Waals surface area (Å²) >= 11 is 0. The Labute approximate surface area is 163 Å². The SMILES string of the molecule is O=C(CN1C(=O)N(Cc2ccncc2)C(=O)C2NCCCC21)c1ccccc1. The fraction of sp³-hybridized carbons (Fsp3) is 0.333. The van der Waals surface area contributed by atoms with Crippen LogP contribution in [0.25, 0.3) is 0 Å². The van der Waals surface area contributed by atoms with Crippen LogP contribution in [0.4, 0.5) is 4.79 Å². The second kappa shape index (κ2) is 7.90. The summed E-state index contributed by atoms with van der Waals surface area (Å²) in [6.45, 7) is 0.859. The number of nitrogens with zero attached hydrogens (tertiary/aromatic N) is 3. The van der Waals surface area contributed by atoms with Gasteiger partial charge in [-0.15, -0.1) is 0 Å². The minimum Gasteiger partial charge on any atom is -0.311 e. The Hall–Kier alpha value is -3.06. The Kier molecular flexibility index (Phi) is 5.16. The third kappa shape index (κ3) is 3.53. The van der Waals surface area contributed by atoms with Crippen molar-refractivity contribution in [3.63, 3.8) is 0 Å². The number of hydrogen-bond acceptors (Lipinski definition) is 5. The maximum Gasteiger partial charge on any atom is 0.327 e. The van der Waals surface area contributed by atoms with Gasteiger partial charge in [0, 0.05) is 18.0 Å². The Morgan fingerprint density at radius 1 is 1.11 bits per heavy atom. The molecule has 2 unspecified atom stereocenters. The molecule has 7 nitrogen and oxygen atoms in total. The Balaban J connectivity index is 1.60. The highest BCUT2D eigenvalue weighted by Crippen LogP contribution is 2.26. The van der Waals surface area contributed by atoms with E-state index in [2.05, 4.69) is 10.3 Å². The number of pyridine rings is 1. The smallest absolute Gasteiger partial charge is 0.311 e. The number of aromatic nitrogens is 1. The first-order valence-electron chi connectivity index (χ1n) is 9.47. The van der Waals surface area contributed by atoms with Crippen LogP contribution in [-0.4, -0.2) is 57.7 Å². The summed E-state index contributed by atoms with van der Waals surface area (Å²) in [5.74, 6) is -0.355. The predicted octanol–water partition coefficient (Wildman–Crippen LogP) is 1.85. The van der Waals surface area contributed by atoms with Crippen LogP contribution in [0.1, 0.15) is 28.8 Å². The molecule has 1 aromatic heterocycles. The summed E-state index contributed by atoms with van der Waals surface area (Å²) in [6.07, 6.45) is 4.83. The lowest BCUT2D eigenvalue weighted by Gasteiger charge is -2.46. The maximum atomic E-state index is 13.2. The molecule has 1 N–H and O–H groups in total. The summed E-state index contributed by atoms with van der Waals surface area (Å²) in [4.78, 5) is 45.7. The quantitative estimate of drug-likeness (QED) is 0.803. The fourth-order valence-electron chi connectivity index (χ4n) is 3.89. The first kappa shape index (κ1) is 18.3. The van der Waals surface area contributed by atoms with E-state index < -0.39 is 12.1 Å². The molecule has 2 aromatic rings. The number of hydrogen-bond donors (Lipinski definition) is 1. The zero-order valence-electron chi connectivity index (χ0n) is 15.5. The standard InChI is InChI=1S/C21H22N4O3/c26-18(16-5-2-1-3-6-16)14-24-17-7-4-10-23-19(17)20(27)25(21(24)28)13-15-8-11-22-12-9-15/h1-3,5-6,8-9,11-12,17,19,23H,4,7,10,13-14H2. The van der Waals surface area contributed by atoms with Crippen molar-refractivity contribution in [2.45, 2.75) is 31.5 Å². The van der Waals surface area contributed by atoms with Crippen molar-refractivity contribution in [2.75, 3.05) is 13.1 Å². The average molecular weight is 378 g/mol. The van der Waals surface area contributed by atoms with Crippen LogP contribution in [0, 0.1) is 0 Å². The van der Waals surface area contributed by atoms with Gasteiger partial charge in [0.1, 0.15) is 6.04 Å². The third-order valence-electron chi connectivity index (χ3n) is 5.33. The monoisotopic (exact) mass is 378 g/mol. The van der Waals surface area contributed by atoms with Crippen LogP contribution >= 0.6 is 0 Å². The maximum absolute atomic E-state index is 13.2. The van der Waals surface area contributed by atoms with Crippen molar-refractivity contribution in [3.8, 4) is 0 Å². The van der Waals surface area contributed by atoms with E-state index >= 15 is 0 Å². The summed E-state index contributed by atoms with van der Waals surface area (Å²) < 4.78 is 0. The van der Waals surface area contributed by atoms with E-state index in [-0.39, 0.29) is 30.8 Å². The summed E-state index contributed by atoms with van der Waals surface area (Å²) in [5.41, 5.74) is 1.38. The minimum atomic E-state index is -0.475. The molecule has 0 spiro atoms. The molecule has 4 rings (SSSR count). The Morgan fingerprint density at radius 3 is 2.61 bits per heavy atom. The van der Waals surface area contributed by atoms with Crippen LogP contribution in [-0.2, 0) is 11.3 Å². The fourth-order valence-corrected chi connectivity index (χ4v) is 3.89. The van der Waals surface area contributed by atoms with Gasteiger partial charge < -0.3 is 10.2 Å². The highest BCUT2D eigenvalue weighted by molar-refractivity contribution is 6.04. The zero-order valence-corrected chi connectivity index (χ0v) is 15.5. The van der Waals surface area contributed by atoms with E-state index in [0.717, 1.165) is 18.5 Å². The van der Waals surface area contributed by atoms with E-state index in [4.69, 9.17) is 0 Å². The molecule has 3 amide bonds. The first-order chi connectivity index (χ1) is 13.6. The number of benzene rings is 1. The van der Waals surface area contributed by atoms with E-state index in [1.165, 1.54) is 4.90 Å². The van der Waals surface area contributed by atoms with Gasteiger partial charge in [-0.3, -0.25) is 19.5 Å². The molecule has 2 saturated heterocycles. The lowest BCUT2D eigenvalue weighted by atomic mass is 9.92. The van der Waals surface area contributed by atoms with E-state index in [9.17, 15) is 14.4 Å². The molecule has 0 radical (unpaired) electrons. The predicted molar refractivity (Wildman–Crippen MR) is 102 cm³/mol. The highest BCUT2D eigenvalue weighted by Gasteiger charge is 2.47. The van der Waals surface area contributed by atoms with E-state index in [0.29, 0.717) is 12.0 Å². The van der Waals surface area contributed by atoms with E-state index in [1.807, 2.05) is 6.07 Å². The lowest BCUT2D eigenvalue weighted by molar-refractivity contribution is -0.137. The molecule has 28 heavy (non-hydrogen) atoms. The van der Waals surface area contributed by atoms with Crippen LogP contribution < -0.4 is 5.32 Å². The number of ketones is 1. The van der Waals surface area contributed by atoms with Gasteiger partial charge in [0.2, 0.25) is 5.91 Å². The number of urea groups is 1. The molecule has 7 heteroatoms. The van der Waals surface area contributed by atoms with Gasteiger partial charge in [0.05, 0.1) is 19.1 Å². The normalized spacial score (nSPS) is 22.1. The van der Waals surface area contributed by atoms with Crippen molar-refractivity contribution in [3.05, 3.63) is 66.0 Å². The van der Waals surface area contributed by atoms with Gasteiger partial charge in [-0.25, -0.2) is 4.79 Å². The number of carbonyl (C=O) groups excluding carboxylic acids is 3. The van der Waals surface area contributed by atoms with Gasteiger partial charge in [0.25, 0.3) is 0 Å². The number of amides is 3. The van der Waals surface area contributed by atoms with Crippen LogP contribution in [0.2, 0.25) is 0 Å². The molecule has 0 bridgehead atoms. The van der Waals surface area contributed by atoms with Crippen molar-refractivity contribution < 1.29 is 14.4 Å². The molecule has 1 aromatic carbocycles. The molecule has 0 aliphatic carbocycles. The second-order valence-electron chi connectivity index (χ2n) is 7.12. The van der Waals surface area contributed by atoms with Gasteiger partial charge in [-0.2, -0.15) is 0 Å². The van der Waals surface area contributed by atoms with Gasteiger partial charge in [0.15, 0.2) is 5.78 Å². The van der Waals surface area contributed by atoms with Gasteiger partial charge in [-0.1, -0.05) is 30.3 Å². The van der Waals surface area contributed by atoms with Gasteiger partial charge in [-0.05, 0) is 37.1 Å². The van der Waals surface area contributed by atoms with Crippen LogP contribution in [0.5, 0.6) is 0 Å². The molecule has 144 valence electrons. The number of piperidine rings is 1. The number of fused-ring (bicyclic) bond motifs is 1. The molecule has 0 saturated carbocycles. The molecule has 2 aliphatic heterocycles. The van der Waals surface area contributed by atoms with Crippen molar-refractivity contribution >= 4 is 17.7 Å². The number of imide groups is 1. The lowest BCUT2D eigenvalue weighted by Crippen LogP contribution is -2.69. The summed E-state index contributed by atoms with van der Waals surface area (Å²) in [5, 5.41) is 3.24. The second-order valence-corrected chi connectivity index (χ2v) is 7.12. The topological polar surface area (TPSA) is 82.6 Å². The number of rotatable bonds is 5. The van der Waals surface area contributed by atoms with Crippen molar-refractivity contribution in [1.82, 2.24) is 20.1 Å². The molecule has 2 aliphatic rings. The van der Waals surface area contributed by atoms with Crippen molar-refractivity contribution in [2.24, 2.45) is 0 Å². The number of carbonyl (C=O) groups is 3. The molecular formula is C21H22N4O3. The van der Waals surface area contributed by atoms with Gasteiger partial charge >= 0.3 is 6.03 Å². The van der Waals surface area contributed by atoms with Crippen molar-refractivity contribution in [1.29, 1.82) is 0 Å². The molecular weight excluding hydrogens is 356 g/mol. The average Bonchev–Trinajstić information content (AvgIpc) is 2.75. The zero-order chi connectivity index (χ0) is 19.5. The van der Waals surface area contributed by atoms with Crippen LogP contribution in [0.15, 0.2) is 54.9 Å². The minimum absolute atomic E-state index is 0.0359. The number of nitrogens with one attached hydrogen (secondary N) is 1. The Bertz CT molecular complexity index is 872. The molecule has 2 fully saturated rings. The Morgan fingerprint density at radius 2 is 1.86 bits per heavy atom.